The van der Waals surface area contributed by atoms with Crippen LogP contribution in [0.1, 0.15) is 25.8 Å². The van der Waals surface area contributed by atoms with E-state index in [2.05, 4.69) is 43.1 Å². The molecule has 0 aliphatic carbocycles. The monoisotopic (exact) mass is 252 g/mol. The van der Waals surface area contributed by atoms with Gasteiger partial charge in [-0.3, -0.25) is 0 Å². The Morgan fingerprint density at radius 3 is 2.71 bits per heavy atom. The maximum absolute atomic E-state index is 6.12. The van der Waals surface area contributed by atoms with Crippen LogP contribution in [-0.4, -0.2) is 25.2 Å². The molecule has 1 atom stereocenters. The fourth-order valence-electron chi connectivity index (χ4n) is 2.74. The topological polar surface area (TPSA) is 15.3 Å². The van der Waals surface area contributed by atoms with Crippen molar-refractivity contribution in [1.82, 2.24) is 5.32 Å². The van der Waals surface area contributed by atoms with Gasteiger partial charge in [-0.2, -0.15) is 0 Å². The number of likely N-dealkylation sites (N-methyl/N-ethyl adjacent to an activating group) is 1. The first-order chi connectivity index (χ1) is 7.94. The number of hydrogen-bond acceptors (Lipinski definition) is 2. The molecule has 0 radical (unpaired) electrons. The summed E-state index contributed by atoms with van der Waals surface area (Å²) in [5.41, 5.74) is 2.74. The molecular formula is C14H21ClN2. The summed E-state index contributed by atoms with van der Waals surface area (Å²) < 4.78 is 0. The lowest BCUT2D eigenvalue weighted by Gasteiger charge is -2.34. The molecule has 0 amide bonds. The molecule has 2 rings (SSSR count). The highest BCUT2D eigenvalue weighted by molar-refractivity contribution is 6.30. The van der Waals surface area contributed by atoms with E-state index in [0.717, 1.165) is 18.0 Å². The first-order valence-electron chi connectivity index (χ1n) is 6.15. The van der Waals surface area contributed by atoms with Crippen LogP contribution in [0.15, 0.2) is 18.2 Å². The van der Waals surface area contributed by atoms with Gasteiger partial charge in [0.25, 0.3) is 0 Å². The van der Waals surface area contributed by atoms with Crippen molar-refractivity contribution in [3.8, 4) is 0 Å². The molecule has 1 heterocycles. The fraction of sp³-hybridized carbons (Fsp3) is 0.571. The molecule has 1 aromatic rings. The highest BCUT2D eigenvalue weighted by Gasteiger charge is 2.38. The molecule has 1 fully saturated rings. The molecule has 0 spiro atoms. The third kappa shape index (κ3) is 2.43. The molecule has 2 nitrogen and oxygen atoms in total. The van der Waals surface area contributed by atoms with E-state index in [0.29, 0.717) is 6.04 Å². The summed E-state index contributed by atoms with van der Waals surface area (Å²) in [7, 11) is 2.04. The fourth-order valence-corrected chi connectivity index (χ4v) is 2.90. The van der Waals surface area contributed by atoms with E-state index >= 15 is 0 Å². The Balaban J connectivity index is 2.36. The summed E-state index contributed by atoms with van der Waals surface area (Å²) in [5, 5.41) is 4.19. The Kier molecular flexibility index (Phi) is 3.37. The number of nitrogens with zero attached hydrogens (tertiary/aromatic N) is 1. The highest BCUT2D eigenvalue weighted by atomic mass is 35.5. The molecule has 17 heavy (non-hydrogen) atoms. The van der Waals surface area contributed by atoms with Gasteiger partial charge in [-0.15, -0.1) is 0 Å². The number of rotatable bonds is 2. The lowest BCUT2D eigenvalue weighted by atomic mass is 9.99. The first kappa shape index (κ1) is 12.7. The van der Waals surface area contributed by atoms with Gasteiger partial charge in [0.15, 0.2) is 0 Å². The average molecular weight is 253 g/mol. The van der Waals surface area contributed by atoms with Gasteiger partial charge in [0.05, 0.1) is 0 Å². The van der Waals surface area contributed by atoms with E-state index in [1.54, 1.807) is 0 Å². The minimum absolute atomic E-state index is 0.184. The second-order valence-electron chi connectivity index (χ2n) is 5.54. The number of anilines is 1. The van der Waals surface area contributed by atoms with Gasteiger partial charge in [0.2, 0.25) is 0 Å². The van der Waals surface area contributed by atoms with E-state index < -0.39 is 0 Å². The van der Waals surface area contributed by atoms with Crippen molar-refractivity contribution >= 4 is 17.3 Å². The van der Waals surface area contributed by atoms with Crippen molar-refractivity contribution in [2.45, 2.75) is 38.8 Å². The minimum atomic E-state index is 0.184. The van der Waals surface area contributed by atoms with E-state index in [-0.39, 0.29) is 5.54 Å². The van der Waals surface area contributed by atoms with Gasteiger partial charge in [-0.25, -0.2) is 0 Å². The number of nitrogens with one attached hydrogen (secondary N) is 1. The van der Waals surface area contributed by atoms with Crippen LogP contribution >= 0.6 is 11.6 Å². The van der Waals surface area contributed by atoms with Crippen LogP contribution in [-0.2, 0) is 0 Å². The second kappa shape index (κ2) is 4.51. The molecule has 0 saturated carbocycles. The number of aryl methyl sites for hydroxylation is 1. The van der Waals surface area contributed by atoms with Crippen LogP contribution in [0.3, 0.4) is 0 Å². The van der Waals surface area contributed by atoms with E-state index in [4.69, 9.17) is 11.6 Å². The standard InChI is InChI=1S/C14H21ClN2/c1-10-5-6-11(15)7-13(10)17-9-12(16-4)8-14(17,2)3/h5-7,12,16H,8-9H2,1-4H3. The number of hydrogen-bond donors (Lipinski definition) is 1. The largest absolute Gasteiger partial charge is 0.365 e. The maximum atomic E-state index is 6.12. The SMILES string of the molecule is CNC1CN(c2cc(Cl)ccc2C)C(C)(C)C1. The van der Waals surface area contributed by atoms with Crippen LogP contribution in [0.5, 0.6) is 0 Å². The van der Waals surface area contributed by atoms with Gasteiger partial charge < -0.3 is 10.2 Å². The Morgan fingerprint density at radius 2 is 2.12 bits per heavy atom. The summed E-state index contributed by atoms with van der Waals surface area (Å²) in [6.45, 7) is 7.79. The van der Waals surface area contributed by atoms with Gasteiger partial charge in [0.1, 0.15) is 0 Å². The molecule has 1 saturated heterocycles. The predicted octanol–water partition coefficient (Wildman–Crippen LogP) is 3.23. The average Bonchev–Trinajstić information content (AvgIpc) is 2.57. The van der Waals surface area contributed by atoms with Gasteiger partial charge in [-0.05, 0) is 51.9 Å². The Hall–Kier alpha value is -0.730. The number of halogens is 1. The van der Waals surface area contributed by atoms with Crippen LogP contribution < -0.4 is 10.2 Å². The first-order valence-corrected chi connectivity index (χ1v) is 6.53. The van der Waals surface area contributed by atoms with Gasteiger partial charge in [0, 0.05) is 28.8 Å². The van der Waals surface area contributed by atoms with Crippen molar-refractivity contribution in [3.63, 3.8) is 0 Å². The molecule has 1 aliphatic heterocycles. The minimum Gasteiger partial charge on any atom is -0.365 e. The lowest BCUT2D eigenvalue weighted by Crippen LogP contribution is -2.38. The quantitative estimate of drug-likeness (QED) is 0.870. The van der Waals surface area contributed by atoms with Crippen LogP contribution in [0.2, 0.25) is 5.02 Å². The van der Waals surface area contributed by atoms with Crippen LogP contribution in [0.4, 0.5) is 5.69 Å². The van der Waals surface area contributed by atoms with Crippen LogP contribution in [0, 0.1) is 6.92 Å². The summed E-state index contributed by atoms with van der Waals surface area (Å²) in [6, 6.07) is 6.69. The van der Waals surface area contributed by atoms with E-state index in [1.165, 1.54) is 11.3 Å². The summed E-state index contributed by atoms with van der Waals surface area (Å²) in [4.78, 5) is 2.47. The lowest BCUT2D eigenvalue weighted by molar-refractivity contribution is 0.487. The molecule has 3 heteroatoms. The summed E-state index contributed by atoms with van der Waals surface area (Å²) >= 11 is 6.12. The van der Waals surface area contributed by atoms with Crippen molar-refractivity contribution < 1.29 is 0 Å². The highest BCUT2D eigenvalue weighted by Crippen LogP contribution is 2.36. The van der Waals surface area contributed by atoms with Gasteiger partial charge >= 0.3 is 0 Å². The van der Waals surface area contributed by atoms with E-state index in [9.17, 15) is 0 Å². The van der Waals surface area contributed by atoms with Crippen molar-refractivity contribution in [1.29, 1.82) is 0 Å². The van der Waals surface area contributed by atoms with Crippen molar-refractivity contribution in [2.24, 2.45) is 0 Å². The number of benzene rings is 1. The zero-order valence-electron chi connectivity index (χ0n) is 11.0. The Labute approximate surface area is 109 Å². The van der Waals surface area contributed by atoms with Crippen molar-refractivity contribution in [2.75, 3.05) is 18.5 Å². The maximum Gasteiger partial charge on any atom is 0.0426 e. The normalized spacial score (nSPS) is 23.1. The Bertz CT molecular complexity index is 415. The third-order valence-electron chi connectivity index (χ3n) is 3.75. The molecular weight excluding hydrogens is 232 g/mol. The van der Waals surface area contributed by atoms with Crippen LogP contribution in [0.25, 0.3) is 0 Å². The molecule has 0 bridgehead atoms. The van der Waals surface area contributed by atoms with Crippen molar-refractivity contribution in [3.05, 3.63) is 28.8 Å². The Morgan fingerprint density at radius 1 is 1.41 bits per heavy atom. The molecule has 1 N–H and O–H groups in total. The molecule has 1 aliphatic rings. The summed E-state index contributed by atoms with van der Waals surface area (Å²) in [5.74, 6) is 0. The zero-order valence-corrected chi connectivity index (χ0v) is 11.8. The third-order valence-corrected chi connectivity index (χ3v) is 3.98. The molecule has 1 aromatic carbocycles. The predicted molar refractivity (Wildman–Crippen MR) is 75.1 cm³/mol. The summed E-state index contributed by atoms with van der Waals surface area (Å²) in [6.07, 6.45) is 1.16. The molecule has 0 aromatic heterocycles. The molecule has 94 valence electrons. The zero-order chi connectivity index (χ0) is 12.6. The van der Waals surface area contributed by atoms with Gasteiger partial charge in [-0.1, -0.05) is 17.7 Å². The molecule has 1 unspecified atom stereocenters. The smallest absolute Gasteiger partial charge is 0.0426 e. The second-order valence-corrected chi connectivity index (χ2v) is 5.98. The van der Waals surface area contributed by atoms with E-state index in [1.807, 2.05) is 13.1 Å².